The van der Waals surface area contributed by atoms with E-state index in [1.54, 1.807) is 0 Å². The Morgan fingerprint density at radius 2 is 1.10 bits per heavy atom. The lowest BCUT2D eigenvalue weighted by Crippen LogP contribution is -2.37. The van der Waals surface area contributed by atoms with Crippen molar-refractivity contribution < 1.29 is 47.2 Å². The molecule has 0 heterocycles. The maximum Gasteiger partial charge on any atom is 0.472 e. The number of aliphatic hydroxyl groups excluding tert-OH is 1. The molecule has 0 fully saturated rings. The molecule has 0 saturated carbocycles. The SMILES string of the molecule is CC/C=C/C/C=C/C=C/C(O)CCCCCCCC(=O)O[C@H](COC(=O)CCCCCCCCCCCCCCCCCCCCC)COP(=O)(O)OCC[N+](C)(C)C. The summed E-state index contributed by atoms with van der Waals surface area (Å²) in [6, 6.07) is 0. The van der Waals surface area contributed by atoms with Gasteiger partial charge in [0.2, 0.25) is 0 Å². The molecular formula is C48H91NO9P+. The van der Waals surface area contributed by atoms with Gasteiger partial charge in [0.15, 0.2) is 6.10 Å². The van der Waals surface area contributed by atoms with Gasteiger partial charge in [0.05, 0.1) is 33.9 Å². The van der Waals surface area contributed by atoms with Crippen molar-refractivity contribution in [2.75, 3.05) is 47.5 Å². The number of rotatable bonds is 43. The van der Waals surface area contributed by atoms with Crippen LogP contribution in [0.3, 0.4) is 0 Å². The van der Waals surface area contributed by atoms with Gasteiger partial charge in [-0.15, -0.1) is 0 Å². The van der Waals surface area contributed by atoms with Crippen molar-refractivity contribution in [1.82, 2.24) is 0 Å². The molecular weight excluding hydrogens is 766 g/mol. The van der Waals surface area contributed by atoms with Crippen molar-refractivity contribution in [1.29, 1.82) is 0 Å². The van der Waals surface area contributed by atoms with Crippen LogP contribution < -0.4 is 0 Å². The van der Waals surface area contributed by atoms with Gasteiger partial charge in [0, 0.05) is 12.8 Å². The van der Waals surface area contributed by atoms with Gasteiger partial charge < -0.3 is 24.0 Å². The second-order valence-electron chi connectivity index (χ2n) is 17.3. The zero-order chi connectivity index (χ0) is 43.7. The number of phosphoric acid groups is 1. The first-order valence-corrected chi connectivity index (χ1v) is 25.3. The molecule has 0 amide bonds. The number of phosphoric ester groups is 1. The highest BCUT2D eigenvalue weighted by molar-refractivity contribution is 7.47. The number of carbonyl (C=O) groups excluding carboxylic acids is 2. The number of esters is 2. The van der Waals surface area contributed by atoms with Gasteiger partial charge in [-0.1, -0.05) is 192 Å². The third-order valence-corrected chi connectivity index (χ3v) is 11.3. The second-order valence-corrected chi connectivity index (χ2v) is 18.8. The van der Waals surface area contributed by atoms with Gasteiger partial charge >= 0.3 is 19.8 Å². The zero-order valence-corrected chi connectivity index (χ0v) is 39.5. The fourth-order valence-electron chi connectivity index (χ4n) is 6.55. The Balaban J connectivity index is 4.34. The van der Waals surface area contributed by atoms with Crippen molar-refractivity contribution in [3.05, 3.63) is 36.5 Å². The summed E-state index contributed by atoms with van der Waals surface area (Å²) in [6.45, 7) is 4.20. The topological polar surface area (TPSA) is 129 Å². The molecule has 0 radical (unpaired) electrons. The number of hydrogen-bond donors (Lipinski definition) is 2. The van der Waals surface area contributed by atoms with Crippen molar-refractivity contribution in [3.63, 3.8) is 0 Å². The predicted octanol–water partition coefficient (Wildman–Crippen LogP) is 12.7. The van der Waals surface area contributed by atoms with Crippen LogP contribution in [0.1, 0.15) is 200 Å². The minimum absolute atomic E-state index is 0.0142. The van der Waals surface area contributed by atoms with Gasteiger partial charge in [-0.25, -0.2) is 4.57 Å². The Kier molecular flexibility index (Phi) is 39.0. The van der Waals surface area contributed by atoms with Crippen LogP contribution in [0.25, 0.3) is 0 Å². The Labute approximate surface area is 362 Å². The molecule has 0 aliphatic carbocycles. The minimum Gasteiger partial charge on any atom is -0.462 e. The van der Waals surface area contributed by atoms with Gasteiger partial charge in [-0.2, -0.15) is 0 Å². The summed E-state index contributed by atoms with van der Waals surface area (Å²) in [5.41, 5.74) is 0. The van der Waals surface area contributed by atoms with Gasteiger partial charge in [0.25, 0.3) is 0 Å². The highest BCUT2D eigenvalue weighted by Gasteiger charge is 2.27. The molecule has 0 aromatic rings. The molecule has 0 rings (SSSR count). The van der Waals surface area contributed by atoms with Crippen LogP contribution in [-0.2, 0) is 32.7 Å². The van der Waals surface area contributed by atoms with Crippen LogP contribution in [0.2, 0.25) is 0 Å². The first kappa shape index (κ1) is 57.2. The molecule has 0 spiro atoms. The summed E-state index contributed by atoms with van der Waals surface area (Å²) in [5, 5.41) is 10.2. The van der Waals surface area contributed by atoms with Crippen LogP contribution in [-0.4, -0.2) is 86.1 Å². The number of nitrogens with zero attached hydrogens (tertiary/aromatic N) is 1. The predicted molar refractivity (Wildman–Crippen MR) is 244 cm³/mol. The van der Waals surface area contributed by atoms with E-state index in [1.807, 2.05) is 39.4 Å². The van der Waals surface area contributed by atoms with E-state index in [1.165, 1.54) is 103 Å². The van der Waals surface area contributed by atoms with Crippen molar-refractivity contribution in [2.45, 2.75) is 212 Å². The zero-order valence-electron chi connectivity index (χ0n) is 38.6. The molecule has 0 aromatic heterocycles. The van der Waals surface area contributed by atoms with Gasteiger partial charge in [-0.3, -0.25) is 18.6 Å². The minimum atomic E-state index is -4.40. The average Bonchev–Trinajstić information content (AvgIpc) is 3.18. The summed E-state index contributed by atoms with van der Waals surface area (Å²) in [6.07, 6.45) is 42.1. The van der Waals surface area contributed by atoms with Crippen molar-refractivity contribution in [2.24, 2.45) is 0 Å². The number of unbranched alkanes of at least 4 members (excludes halogenated alkanes) is 22. The first-order chi connectivity index (χ1) is 28.4. The lowest BCUT2D eigenvalue weighted by Gasteiger charge is -2.24. The quantitative estimate of drug-likeness (QED) is 0.0154. The Morgan fingerprint density at radius 3 is 1.61 bits per heavy atom. The smallest absolute Gasteiger partial charge is 0.462 e. The van der Waals surface area contributed by atoms with Crippen molar-refractivity contribution in [3.8, 4) is 0 Å². The van der Waals surface area contributed by atoms with E-state index in [0.29, 0.717) is 23.9 Å². The fourth-order valence-corrected chi connectivity index (χ4v) is 7.29. The third-order valence-electron chi connectivity index (χ3n) is 10.3. The van der Waals surface area contributed by atoms with E-state index in [0.717, 1.165) is 57.8 Å². The van der Waals surface area contributed by atoms with Gasteiger partial charge in [0.1, 0.15) is 19.8 Å². The number of aliphatic hydroxyl groups is 1. The number of hydrogen-bond acceptors (Lipinski definition) is 8. The van der Waals surface area contributed by atoms with Crippen LogP contribution in [0.4, 0.5) is 0 Å². The molecule has 11 heteroatoms. The molecule has 10 nitrogen and oxygen atoms in total. The molecule has 0 saturated heterocycles. The molecule has 59 heavy (non-hydrogen) atoms. The number of quaternary nitrogens is 1. The van der Waals surface area contributed by atoms with Crippen LogP contribution in [0, 0.1) is 0 Å². The number of carbonyl (C=O) groups is 2. The fraction of sp³-hybridized carbons (Fsp3) is 0.833. The molecule has 0 aliphatic rings. The largest absolute Gasteiger partial charge is 0.472 e. The summed E-state index contributed by atoms with van der Waals surface area (Å²) < 4.78 is 34.3. The second kappa shape index (κ2) is 40.3. The van der Waals surface area contributed by atoms with Crippen LogP contribution >= 0.6 is 7.82 Å². The van der Waals surface area contributed by atoms with Crippen molar-refractivity contribution >= 4 is 19.8 Å². The maximum atomic E-state index is 12.7. The number of allylic oxidation sites excluding steroid dienone is 5. The summed E-state index contributed by atoms with van der Waals surface area (Å²) in [7, 11) is 1.42. The summed E-state index contributed by atoms with van der Waals surface area (Å²) in [4.78, 5) is 35.5. The Bertz CT molecular complexity index is 1120. The van der Waals surface area contributed by atoms with E-state index >= 15 is 0 Å². The van der Waals surface area contributed by atoms with E-state index < -0.39 is 32.6 Å². The highest BCUT2D eigenvalue weighted by Crippen LogP contribution is 2.43. The first-order valence-electron chi connectivity index (χ1n) is 23.8. The van der Waals surface area contributed by atoms with E-state index in [4.69, 9.17) is 18.5 Å². The molecule has 0 aromatic carbocycles. The summed E-state index contributed by atoms with van der Waals surface area (Å²) >= 11 is 0. The Hall–Kier alpha value is -1.81. The molecule has 2 unspecified atom stereocenters. The molecule has 346 valence electrons. The van der Waals surface area contributed by atoms with E-state index in [2.05, 4.69) is 32.1 Å². The lowest BCUT2D eigenvalue weighted by molar-refractivity contribution is -0.870. The third kappa shape index (κ3) is 44.1. The Morgan fingerprint density at radius 1 is 0.610 bits per heavy atom. The maximum absolute atomic E-state index is 12.7. The average molecular weight is 857 g/mol. The lowest BCUT2D eigenvalue weighted by atomic mass is 10.0. The van der Waals surface area contributed by atoms with Crippen LogP contribution in [0.15, 0.2) is 36.5 Å². The molecule has 2 N–H and O–H groups in total. The van der Waals surface area contributed by atoms with Crippen LogP contribution in [0.5, 0.6) is 0 Å². The number of likely N-dealkylation sites (N-methyl/N-ethyl adjacent to an activating group) is 1. The highest BCUT2D eigenvalue weighted by atomic mass is 31.2. The van der Waals surface area contributed by atoms with E-state index in [9.17, 15) is 24.2 Å². The summed E-state index contributed by atoms with van der Waals surface area (Å²) in [5.74, 6) is -0.868. The van der Waals surface area contributed by atoms with E-state index in [-0.39, 0.29) is 32.0 Å². The number of ether oxygens (including phenoxy) is 2. The molecule has 3 atom stereocenters. The molecule has 0 aliphatic heterocycles. The van der Waals surface area contributed by atoms with Gasteiger partial charge in [-0.05, 0) is 32.1 Å². The molecule has 0 bridgehead atoms. The standard InChI is InChI=1S/C48H90NO9P/c1-6-8-10-12-14-15-16-17-18-19-20-21-22-23-24-25-27-31-35-39-47(51)55-43-46(44-57-59(53,54)56-42-41-49(3,4)5)58-48(52)40-36-32-28-30-34-38-45(50)37-33-29-26-13-11-9-7-2/h9,11,26,29,33,37,45-46,50H,6-8,10,12-25,27-28,30-32,34-36,38-44H2,1-5H3/p+1/b11-9+,29-26+,37-33+/t45?,46-/m1/s1. The normalized spacial score (nSPS) is 14.4. The monoisotopic (exact) mass is 857 g/mol.